The number of carbonyl (C=O) groups excluding carboxylic acids is 1. The standard InChI is InChI=1S/C23H18ClN3O/c1-15-2-4-16(5-3-15)21-14-22(17-6-10-19(24)11-7-17)27(26-21)20-12-8-18(9-13-20)23(25)28/h2-14H,1H3,(H2,25,28). The van der Waals surface area contributed by atoms with Gasteiger partial charge < -0.3 is 5.73 Å². The van der Waals surface area contributed by atoms with Gasteiger partial charge >= 0.3 is 0 Å². The van der Waals surface area contributed by atoms with E-state index in [1.165, 1.54) is 5.56 Å². The molecule has 0 saturated heterocycles. The number of nitrogens with zero attached hydrogens (tertiary/aromatic N) is 2. The summed E-state index contributed by atoms with van der Waals surface area (Å²) in [6, 6.07) is 25.0. The molecule has 0 radical (unpaired) electrons. The largest absolute Gasteiger partial charge is 0.366 e. The molecule has 28 heavy (non-hydrogen) atoms. The smallest absolute Gasteiger partial charge is 0.248 e. The van der Waals surface area contributed by atoms with Gasteiger partial charge in [-0.2, -0.15) is 5.10 Å². The first-order chi connectivity index (χ1) is 13.5. The summed E-state index contributed by atoms with van der Waals surface area (Å²) in [6.45, 7) is 2.06. The predicted octanol–water partition coefficient (Wildman–Crippen LogP) is 5.27. The van der Waals surface area contributed by atoms with E-state index in [0.29, 0.717) is 10.6 Å². The lowest BCUT2D eigenvalue weighted by Crippen LogP contribution is -2.10. The fraction of sp³-hybridized carbons (Fsp3) is 0.0435. The zero-order chi connectivity index (χ0) is 19.7. The molecule has 0 aliphatic rings. The van der Waals surface area contributed by atoms with Crippen LogP contribution in [0.15, 0.2) is 78.9 Å². The van der Waals surface area contributed by atoms with E-state index in [1.54, 1.807) is 12.1 Å². The van der Waals surface area contributed by atoms with Gasteiger partial charge in [0.05, 0.1) is 17.1 Å². The van der Waals surface area contributed by atoms with Gasteiger partial charge in [0.1, 0.15) is 0 Å². The number of halogens is 1. The molecule has 0 spiro atoms. The number of amides is 1. The van der Waals surface area contributed by atoms with Crippen LogP contribution in [0.1, 0.15) is 15.9 Å². The second kappa shape index (κ2) is 7.33. The van der Waals surface area contributed by atoms with E-state index in [9.17, 15) is 4.79 Å². The lowest BCUT2D eigenvalue weighted by atomic mass is 10.1. The zero-order valence-corrected chi connectivity index (χ0v) is 16.0. The molecule has 0 atom stereocenters. The average molecular weight is 388 g/mol. The minimum atomic E-state index is -0.453. The molecule has 0 aliphatic carbocycles. The van der Waals surface area contributed by atoms with Crippen LogP contribution in [0, 0.1) is 6.92 Å². The van der Waals surface area contributed by atoms with Crippen molar-refractivity contribution in [3.63, 3.8) is 0 Å². The third-order valence-corrected chi connectivity index (χ3v) is 4.85. The van der Waals surface area contributed by atoms with Crippen LogP contribution in [0.2, 0.25) is 5.02 Å². The van der Waals surface area contributed by atoms with Gasteiger partial charge in [-0.3, -0.25) is 4.79 Å². The first-order valence-electron chi connectivity index (χ1n) is 8.84. The number of aryl methyl sites for hydroxylation is 1. The molecular formula is C23H18ClN3O. The molecule has 0 unspecified atom stereocenters. The molecule has 1 aromatic heterocycles. The lowest BCUT2D eigenvalue weighted by Gasteiger charge is -2.08. The summed E-state index contributed by atoms with van der Waals surface area (Å²) in [5, 5.41) is 5.50. The van der Waals surface area contributed by atoms with Gasteiger partial charge in [-0.25, -0.2) is 4.68 Å². The van der Waals surface area contributed by atoms with Gasteiger partial charge in [0.15, 0.2) is 0 Å². The van der Waals surface area contributed by atoms with Crippen LogP contribution in [-0.4, -0.2) is 15.7 Å². The van der Waals surface area contributed by atoms with E-state index in [0.717, 1.165) is 28.2 Å². The van der Waals surface area contributed by atoms with Gasteiger partial charge in [-0.05, 0) is 49.4 Å². The Bertz CT molecular complexity index is 1130. The topological polar surface area (TPSA) is 60.9 Å². The first-order valence-corrected chi connectivity index (χ1v) is 9.22. The summed E-state index contributed by atoms with van der Waals surface area (Å²) in [5.41, 5.74) is 11.7. The lowest BCUT2D eigenvalue weighted by molar-refractivity contribution is 0.100. The molecule has 1 amide bonds. The number of primary amides is 1. The van der Waals surface area contributed by atoms with Gasteiger partial charge in [-0.1, -0.05) is 53.6 Å². The number of hydrogen-bond donors (Lipinski definition) is 1. The summed E-state index contributed by atoms with van der Waals surface area (Å²) in [6.07, 6.45) is 0. The predicted molar refractivity (Wildman–Crippen MR) is 113 cm³/mol. The van der Waals surface area contributed by atoms with Gasteiger partial charge in [-0.15, -0.1) is 0 Å². The number of rotatable bonds is 4. The molecule has 5 heteroatoms. The molecule has 1 heterocycles. The van der Waals surface area contributed by atoms with Crippen LogP contribution in [0.5, 0.6) is 0 Å². The third kappa shape index (κ3) is 3.55. The summed E-state index contributed by atoms with van der Waals surface area (Å²) in [5.74, 6) is -0.453. The second-order valence-corrected chi connectivity index (χ2v) is 7.05. The van der Waals surface area contributed by atoms with E-state index < -0.39 is 5.91 Å². The summed E-state index contributed by atoms with van der Waals surface area (Å²) >= 11 is 6.05. The second-order valence-electron chi connectivity index (χ2n) is 6.61. The maximum atomic E-state index is 11.4. The Morgan fingerprint density at radius 2 is 1.50 bits per heavy atom. The molecule has 4 rings (SSSR count). The van der Waals surface area contributed by atoms with Crippen molar-refractivity contribution in [3.05, 3.63) is 95.0 Å². The minimum Gasteiger partial charge on any atom is -0.366 e. The van der Waals surface area contributed by atoms with Crippen molar-refractivity contribution >= 4 is 17.5 Å². The average Bonchev–Trinajstić information content (AvgIpc) is 3.14. The number of hydrogen-bond acceptors (Lipinski definition) is 2. The van der Waals surface area contributed by atoms with Crippen LogP contribution in [0.25, 0.3) is 28.2 Å². The Balaban J connectivity index is 1.86. The summed E-state index contributed by atoms with van der Waals surface area (Å²) in [7, 11) is 0. The molecule has 3 aromatic carbocycles. The van der Waals surface area contributed by atoms with E-state index in [2.05, 4.69) is 37.3 Å². The van der Waals surface area contributed by atoms with Gasteiger partial charge in [0.2, 0.25) is 5.91 Å². The fourth-order valence-electron chi connectivity index (χ4n) is 3.04. The molecule has 2 N–H and O–H groups in total. The highest BCUT2D eigenvalue weighted by Gasteiger charge is 2.14. The minimum absolute atomic E-state index is 0.453. The summed E-state index contributed by atoms with van der Waals surface area (Å²) in [4.78, 5) is 11.4. The van der Waals surface area contributed by atoms with Gasteiger partial charge in [0.25, 0.3) is 0 Å². The van der Waals surface area contributed by atoms with E-state index >= 15 is 0 Å². The normalized spacial score (nSPS) is 10.8. The van der Waals surface area contributed by atoms with Crippen LogP contribution < -0.4 is 5.73 Å². The molecular weight excluding hydrogens is 370 g/mol. The number of carbonyl (C=O) groups is 1. The monoisotopic (exact) mass is 387 g/mol. The molecule has 4 aromatic rings. The Morgan fingerprint density at radius 1 is 0.893 bits per heavy atom. The summed E-state index contributed by atoms with van der Waals surface area (Å²) < 4.78 is 1.86. The number of nitrogens with two attached hydrogens (primary N) is 1. The van der Waals surface area contributed by atoms with Gasteiger partial charge in [0, 0.05) is 21.7 Å². The van der Waals surface area contributed by atoms with Crippen molar-refractivity contribution in [1.29, 1.82) is 0 Å². The van der Waals surface area contributed by atoms with E-state index in [4.69, 9.17) is 22.4 Å². The molecule has 4 nitrogen and oxygen atoms in total. The maximum Gasteiger partial charge on any atom is 0.248 e. The quantitative estimate of drug-likeness (QED) is 0.518. The molecule has 138 valence electrons. The zero-order valence-electron chi connectivity index (χ0n) is 15.3. The van der Waals surface area contributed by atoms with Crippen molar-refractivity contribution in [1.82, 2.24) is 9.78 Å². The Labute approximate surface area is 168 Å². The van der Waals surface area contributed by atoms with Crippen LogP contribution >= 0.6 is 11.6 Å². The third-order valence-electron chi connectivity index (χ3n) is 4.59. The van der Waals surface area contributed by atoms with Crippen molar-refractivity contribution in [2.75, 3.05) is 0 Å². The number of benzene rings is 3. The SMILES string of the molecule is Cc1ccc(-c2cc(-c3ccc(Cl)cc3)n(-c3ccc(C(N)=O)cc3)n2)cc1. The van der Waals surface area contributed by atoms with E-state index in [1.807, 2.05) is 41.1 Å². The van der Waals surface area contributed by atoms with Crippen molar-refractivity contribution in [2.24, 2.45) is 5.73 Å². The highest BCUT2D eigenvalue weighted by molar-refractivity contribution is 6.30. The number of aromatic nitrogens is 2. The van der Waals surface area contributed by atoms with Crippen molar-refractivity contribution in [2.45, 2.75) is 6.92 Å². The Kier molecular flexibility index (Phi) is 4.72. The highest BCUT2D eigenvalue weighted by atomic mass is 35.5. The van der Waals surface area contributed by atoms with Crippen LogP contribution in [-0.2, 0) is 0 Å². The van der Waals surface area contributed by atoms with Crippen LogP contribution in [0.4, 0.5) is 0 Å². The first kappa shape index (κ1) is 18.0. The van der Waals surface area contributed by atoms with Crippen molar-refractivity contribution < 1.29 is 4.79 Å². The molecule has 0 bridgehead atoms. The van der Waals surface area contributed by atoms with Crippen LogP contribution in [0.3, 0.4) is 0 Å². The van der Waals surface area contributed by atoms with E-state index in [-0.39, 0.29) is 0 Å². The molecule has 0 aliphatic heterocycles. The fourth-order valence-corrected chi connectivity index (χ4v) is 3.16. The Morgan fingerprint density at radius 3 is 2.11 bits per heavy atom. The van der Waals surface area contributed by atoms with Crippen molar-refractivity contribution in [3.8, 4) is 28.2 Å². The molecule has 0 saturated carbocycles. The maximum absolute atomic E-state index is 11.4. The molecule has 0 fully saturated rings. The highest BCUT2D eigenvalue weighted by Crippen LogP contribution is 2.29. The Hall–Kier alpha value is -3.37.